The van der Waals surface area contributed by atoms with Crippen LogP contribution in [-0.4, -0.2) is 32.8 Å². The summed E-state index contributed by atoms with van der Waals surface area (Å²) in [6.45, 7) is 2.86. The zero-order chi connectivity index (χ0) is 13.2. The molecule has 0 atom stereocenters. The molecule has 1 aliphatic rings. The Kier molecular flexibility index (Phi) is 4.34. The quantitative estimate of drug-likeness (QED) is 0.785. The van der Waals surface area contributed by atoms with Crippen LogP contribution in [0.2, 0.25) is 0 Å². The lowest BCUT2D eigenvalue weighted by atomic mass is 10.3. The van der Waals surface area contributed by atoms with E-state index in [1.54, 1.807) is 12.1 Å². The van der Waals surface area contributed by atoms with Crippen molar-refractivity contribution in [3.63, 3.8) is 0 Å². The van der Waals surface area contributed by atoms with Crippen LogP contribution >= 0.6 is 27.7 Å². The zero-order valence-corrected chi connectivity index (χ0v) is 13.1. The van der Waals surface area contributed by atoms with E-state index in [-0.39, 0.29) is 4.90 Å². The molecule has 1 heterocycles. The highest BCUT2D eigenvalue weighted by atomic mass is 79.9. The van der Waals surface area contributed by atoms with Gasteiger partial charge in [0.05, 0.1) is 5.69 Å². The molecule has 4 nitrogen and oxygen atoms in total. The fourth-order valence-corrected chi connectivity index (χ4v) is 3.86. The van der Waals surface area contributed by atoms with E-state index in [9.17, 15) is 8.42 Å². The first-order valence-corrected chi connectivity index (χ1v) is 8.88. The van der Waals surface area contributed by atoms with Gasteiger partial charge in [0.2, 0.25) is 0 Å². The minimum absolute atomic E-state index is 0.265. The van der Waals surface area contributed by atoms with Gasteiger partial charge in [-0.25, -0.2) is 0 Å². The monoisotopic (exact) mass is 348 g/mol. The molecule has 1 aromatic carbocycles. The van der Waals surface area contributed by atoms with Crippen molar-refractivity contribution in [1.29, 1.82) is 0 Å². The Hall–Kier alpha value is -0.530. The predicted octanol–water partition coefficient (Wildman–Crippen LogP) is 2.74. The molecular formula is C11H13BrN2O2S2. The lowest BCUT2D eigenvalue weighted by Gasteiger charge is -2.25. The van der Waals surface area contributed by atoms with E-state index in [0.29, 0.717) is 5.69 Å². The SMILES string of the molecule is CCSCCN1C=NS(=O)(=O)c2cc(Br)ccc21. The highest BCUT2D eigenvalue weighted by molar-refractivity contribution is 9.10. The van der Waals surface area contributed by atoms with Gasteiger partial charge in [0.15, 0.2) is 0 Å². The highest BCUT2D eigenvalue weighted by Crippen LogP contribution is 2.32. The molecule has 0 N–H and O–H groups in total. The summed E-state index contributed by atoms with van der Waals surface area (Å²) in [5.74, 6) is 1.99. The number of benzene rings is 1. The van der Waals surface area contributed by atoms with Crippen LogP contribution < -0.4 is 4.90 Å². The molecule has 1 aliphatic heterocycles. The number of hydrogen-bond donors (Lipinski definition) is 0. The Labute approximate surface area is 120 Å². The number of anilines is 1. The van der Waals surface area contributed by atoms with Crippen LogP contribution in [0.5, 0.6) is 0 Å². The Morgan fingerprint density at radius 2 is 2.22 bits per heavy atom. The minimum atomic E-state index is -3.54. The normalized spacial score (nSPS) is 16.7. The van der Waals surface area contributed by atoms with Crippen molar-refractivity contribution in [2.45, 2.75) is 11.8 Å². The molecule has 18 heavy (non-hydrogen) atoms. The third-order valence-electron chi connectivity index (χ3n) is 2.52. The first kappa shape index (κ1) is 13.9. The first-order valence-electron chi connectivity index (χ1n) is 5.49. The molecule has 0 amide bonds. The number of rotatable bonds is 4. The molecule has 7 heteroatoms. The van der Waals surface area contributed by atoms with Crippen molar-refractivity contribution in [3.05, 3.63) is 22.7 Å². The maximum Gasteiger partial charge on any atom is 0.285 e. The van der Waals surface area contributed by atoms with Gasteiger partial charge in [-0.15, -0.1) is 4.40 Å². The summed E-state index contributed by atoms with van der Waals surface area (Å²) in [6.07, 6.45) is 1.40. The van der Waals surface area contributed by atoms with E-state index in [1.807, 2.05) is 22.7 Å². The van der Waals surface area contributed by atoms with Gasteiger partial charge in [0.25, 0.3) is 10.0 Å². The van der Waals surface area contributed by atoms with Gasteiger partial charge >= 0.3 is 0 Å². The number of sulfonamides is 1. The third-order valence-corrected chi connectivity index (χ3v) is 5.14. The van der Waals surface area contributed by atoms with E-state index < -0.39 is 10.0 Å². The standard InChI is InChI=1S/C11H13BrN2O2S2/c1-2-17-6-5-14-8-13-18(15,16)11-7-9(12)3-4-10(11)14/h3-4,7-8H,2,5-6H2,1H3. The van der Waals surface area contributed by atoms with Crippen LogP contribution in [0.25, 0.3) is 0 Å². The number of nitrogens with zero attached hydrogens (tertiary/aromatic N) is 2. The molecule has 0 bridgehead atoms. The summed E-state index contributed by atoms with van der Waals surface area (Å²) >= 11 is 5.10. The molecule has 0 saturated heterocycles. The fraction of sp³-hybridized carbons (Fsp3) is 0.364. The molecule has 0 radical (unpaired) electrons. The van der Waals surface area contributed by atoms with Gasteiger partial charge < -0.3 is 4.90 Å². The second-order valence-corrected chi connectivity index (χ2v) is 7.61. The van der Waals surface area contributed by atoms with Crippen LogP contribution in [-0.2, 0) is 10.0 Å². The van der Waals surface area contributed by atoms with Crippen molar-refractivity contribution in [3.8, 4) is 0 Å². The Morgan fingerprint density at radius 3 is 2.94 bits per heavy atom. The van der Waals surface area contributed by atoms with E-state index in [4.69, 9.17) is 0 Å². The van der Waals surface area contributed by atoms with Gasteiger partial charge in [-0.2, -0.15) is 20.2 Å². The minimum Gasteiger partial charge on any atom is -0.330 e. The first-order chi connectivity index (χ1) is 8.54. The summed E-state index contributed by atoms with van der Waals surface area (Å²) in [5.41, 5.74) is 0.699. The molecule has 0 aliphatic carbocycles. The predicted molar refractivity (Wildman–Crippen MR) is 80.2 cm³/mol. The number of hydrogen-bond acceptors (Lipinski definition) is 4. The second kappa shape index (κ2) is 5.63. The van der Waals surface area contributed by atoms with Crippen molar-refractivity contribution < 1.29 is 8.42 Å². The smallest absolute Gasteiger partial charge is 0.285 e. The van der Waals surface area contributed by atoms with Gasteiger partial charge in [-0.1, -0.05) is 22.9 Å². The van der Waals surface area contributed by atoms with Crippen molar-refractivity contribution >= 4 is 49.7 Å². The van der Waals surface area contributed by atoms with Crippen LogP contribution in [0.4, 0.5) is 5.69 Å². The van der Waals surface area contributed by atoms with E-state index >= 15 is 0 Å². The molecule has 2 rings (SSSR count). The zero-order valence-electron chi connectivity index (χ0n) is 9.84. The molecular weight excluding hydrogens is 336 g/mol. The topological polar surface area (TPSA) is 49.7 Å². The Morgan fingerprint density at radius 1 is 1.44 bits per heavy atom. The van der Waals surface area contributed by atoms with Gasteiger partial charge in [-0.05, 0) is 24.0 Å². The van der Waals surface area contributed by atoms with E-state index in [2.05, 4.69) is 27.3 Å². The maximum absolute atomic E-state index is 11.9. The lowest BCUT2D eigenvalue weighted by molar-refractivity contribution is 0.597. The average molecular weight is 349 g/mol. The summed E-state index contributed by atoms with van der Waals surface area (Å²) in [5, 5.41) is 0. The van der Waals surface area contributed by atoms with Gasteiger partial charge in [0.1, 0.15) is 11.2 Å². The summed E-state index contributed by atoms with van der Waals surface area (Å²) in [6, 6.07) is 5.24. The van der Waals surface area contributed by atoms with Crippen LogP contribution in [0, 0.1) is 0 Å². The number of fused-ring (bicyclic) bond motifs is 1. The van der Waals surface area contributed by atoms with Crippen LogP contribution in [0.3, 0.4) is 0 Å². The number of halogens is 1. The van der Waals surface area contributed by atoms with E-state index in [1.165, 1.54) is 6.34 Å². The largest absolute Gasteiger partial charge is 0.330 e. The molecule has 0 spiro atoms. The molecule has 0 aromatic heterocycles. The highest BCUT2D eigenvalue weighted by Gasteiger charge is 2.25. The summed E-state index contributed by atoms with van der Waals surface area (Å²) in [7, 11) is -3.54. The fourth-order valence-electron chi connectivity index (χ4n) is 1.66. The third kappa shape index (κ3) is 2.89. The molecule has 98 valence electrons. The molecule has 0 saturated carbocycles. The Balaban J connectivity index is 2.33. The van der Waals surface area contributed by atoms with Crippen molar-refractivity contribution in [1.82, 2.24) is 0 Å². The molecule has 0 fully saturated rings. The van der Waals surface area contributed by atoms with Crippen molar-refractivity contribution in [2.75, 3.05) is 23.0 Å². The molecule has 0 unspecified atom stereocenters. The Bertz CT molecular complexity index is 572. The van der Waals surface area contributed by atoms with Gasteiger partial charge in [-0.3, -0.25) is 0 Å². The molecule has 1 aromatic rings. The van der Waals surface area contributed by atoms with Crippen LogP contribution in [0.15, 0.2) is 32.0 Å². The second-order valence-electron chi connectivity index (χ2n) is 3.70. The lowest BCUT2D eigenvalue weighted by Crippen LogP contribution is -2.29. The maximum atomic E-state index is 11.9. The van der Waals surface area contributed by atoms with Gasteiger partial charge in [0, 0.05) is 16.8 Å². The average Bonchev–Trinajstić information content (AvgIpc) is 2.33. The summed E-state index contributed by atoms with van der Waals surface area (Å²) in [4.78, 5) is 2.15. The summed E-state index contributed by atoms with van der Waals surface area (Å²) < 4.78 is 28.1. The van der Waals surface area contributed by atoms with Crippen molar-refractivity contribution in [2.24, 2.45) is 4.40 Å². The number of thioether (sulfide) groups is 1. The van der Waals surface area contributed by atoms with E-state index in [0.717, 1.165) is 22.5 Å². The van der Waals surface area contributed by atoms with Crippen LogP contribution in [0.1, 0.15) is 6.92 Å².